The van der Waals surface area contributed by atoms with Crippen LogP contribution in [0.15, 0.2) is 72.8 Å². The van der Waals surface area contributed by atoms with Crippen molar-refractivity contribution in [3.8, 4) is 23.0 Å². The number of aromatic nitrogens is 1. The van der Waals surface area contributed by atoms with Crippen molar-refractivity contribution in [2.75, 3.05) is 27.6 Å². The lowest BCUT2D eigenvalue weighted by Crippen LogP contribution is -2.28. The highest BCUT2D eigenvalue weighted by Gasteiger charge is 2.42. The van der Waals surface area contributed by atoms with Crippen molar-refractivity contribution >= 4 is 23.3 Å². The second-order valence-corrected chi connectivity index (χ2v) is 10.4. The monoisotopic (exact) mass is 581 g/mol. The molecule has 0 atom stereocenters. The van der Waals surface area contributed by atoms with Gasteiger partial charge in [0.2, 0.25) is 6.79 Å². The summed E-state index contributed by atoms with van der Waals surface area (Å²) in [4.78, 5) is 28.4. The molecule has 3 heterocycles. The maximum absolute atomic E-state index is 14.1. The number of urea groups is 1. The SMILES string of the molecule is COc1ccc(CCn2c(C3=[N+](c4ccc(OC)cc4)C(=O)N(Cc4ccc5c(c4)OCO5)C3)cc(C(N)=O)c2C)cc1. The van der Waals surface area contributed by atoms with Crippen LogP contribution < -0.4 is 24.7 Å². The number of hydrogen-bond donors (Lipinski definition) is 1. The van der Waals surface area contributed by atoms with Gasteiger partial charge >= 0.3 is 6.03 Å². The lowest BCUT2D eigenvalue weighted by molar-refractivity contribution is -0.332. The Labute approximate surface area is 249 Å². The van der Waals surface area contributed by atoms with Crippen LogP contribution in [0, 0.1) is 6.92 Å². The smallest absolute Gasteiger partial charge is 0.497 e. The molecule has 0 saturated heterocycles. The fourth-order valence-electron chi connectivity index (χ4n) is 5.61. The third-order valence-corrected chi connectivity index (χ3v) is 7.92. The predicted octanol–water partition coefficient (Wildman–Crippen LogP) is 4.65. The Morgan fingerprint density at radius 2 is 1.56 bits per heavy atom. The van der Waals surface area contributed by atoms with Crippen LogP contribution in [0.1, 0.15) is 32.9 Å². The molecule has 3 amide bonds. The highest BCUT2D eigenvalue weighted by Crippen LogP contribution is 2.34. The van der Waals surface area contributed by atoms with Crippen LogP contribution in [0.3, 0.4) is 0 Å². The van der Waals surface area contributed by atoms with Gasteiger partial charge in [-0.3, -0.25) is 4.79 Å². The molecule has 10 nitrogen and oxygen atoms in total. The summed E-state index contributed by atoms with van der Waals surface area (Å²) in [5.74, 6) is 2.31. The van der Waals surface area contributed by atoms with E-state index in [4.69, 9.17) is 24.7 Å². The molecule has 10 heteroatoms. The summed E-state index contributed by atoms with van der Waals surface area (Å²) in [6.07, 6.45) is 0.704. The summed E-state index contributed by atoms with van der Waals surface area (Å²) in [6.45, 7) is 3.33. The molecule has 0 spiro atoms. The number of primary amides is 1. The molecule has 2 aliphatic rings. The van der Waals surface area contributed by atoms with E-state index in [-0.39, 0.29) is 12.8 Å². The van der Waals surface area contributed by atoms with Gasteiger partial charge in [-0.2, -0.15) is 9.37 Å². The van der Waals surface area contributed by atoms with Crippen molar-refractivity contribution in [1.29, 1.82) is 0 Å². The number of amides is 3. The van der Waals surface area contributed by atoms with E-state index in [9.17, 15) is 9.59 Å². The van der Waals surface area contributed by atoms with E-state index in [0.29, 0.717) is 54.6 Å². The summed E-state index contributed by atoms with van der Waals surface area (Å²) in [5, 5.41) is 0. The van der Waals surface area contributed by atoms with Gasteiger partial charge in [-0.1, -0.05) is 18.2 Å². The van der Waals surface area contributed by atoms with Gasteiger partial charge < -0.3 is 29.2 Å². The Morgan fingerprint density at radius 1 is 0.907 bits per heavy atom. The normalized spacial score (nSPS) is 14.0. The van der Waals surface area contributed by atoms with Crippen LogP contribution in [-0.2, 0) is 19.5 Å². The molecule has 0 unspecified atom stereocenters. The summed E-state index contributed by atoms with van der Waals surface area (Å²) in [5.41, 5.74) is 11.2. The topological polar surface area (TPSA) is 108 Å². The van der Waals surface area contributed by atoms with E-state index in [2.05, 4.69) is 4.57 Å². The molecule has 2 aliphatic heterocycles. The molecule has 0 bridgehead atoms. The molecule has 0 fully saturated rings. The van der Waals surface area contributed by atoms with E-state index in [0.717, 1.165) is 34.0 Å². The number of aryl methyl sites for hydroxylation is 1. The number of hydrogen-bond acceptors (Lipinski definition) is 6. The minimum atomic E-state index is -0.514. The summed E-state index contributed by atoms with van der Waals surface area (Å²) in [6, 6.07) is 22.6. The van der Waals surface area contributed by atoms with E-state index in [1.807, 2.05) is 73.7 Å². The minimum absolute atomic E-state index is 0.180. The third kappa shape index (κ3) is 5.39. The van der Waals surface area contributed by atoms with Crippen LogP contribution in [0.5, 0.6) is 23.0 Å². The van der Waals surface area contributed by atoms with Crippen molar-refractivity contribution in [3.63, 3.8) is 0 Å². The average molecular weight is 582 g/mol. The number of fused-ring (bicyclic) bond motifs is 1. The van der Waals surface area contributed by atoms with Crippen molar-refractivity contribution < 1.29 is 33.1 Å². The molecule has 0 radical (unpaired) electrons. The van der Waals surface area contributed by atoms with Crippen molar-refractivity contribution in [2.45, 2.75) is 26.4 Å². The number of nitrogens with zero attached hydrogens (tertiary/aromatic N) is 3. The molecule has 0 aliphatic carbocycles. The fraction of sp³-hybridized carbons (Fsp3) is 0.242. The maximum atomic E-state index is 14.1. The Kier molecular flexibility index (Phi) is 7.50. The molecule has 3 aromatic carbocycles. The second kappa shape index (κ2) is 11.6. The molecule has 2 N–H and O–H groups in total. The van der Waals surface area contributed by atoms with Crippen LogP contribution >= 0.6 is 0 Å². The molecule has 220 valence electrons. The maximum Gasteiger partial charge on any atom is 0.499 e. The largest absolute Gasteiger partial charge is 0.499 e. The van der Waals surface area contributed by atoms with E-state index in [1.165, 1.54) is 0 Å². The van der Waals surface area contributed by atoms with E-state index < -0.39 is 5.91 Å². The number of carbonyl (C=O) groups is 2. The number of benzene rings is 3. The van der Waals surface area contributed by atoms with Crippen molar-refractivity contribution in [2.24, 2.45) is 5.73 Å². The lowest BCUT2D eigenvalue weighted by atomic mass is 10.1. The standard InChI is InChI=1S/C33H32N4O6/c1-21-27(32(34)38)17-28(36(21)15-14-22-4-9-25(40-2)10-5-22)29-19-35(18-23-6-13-30-31(16-23)43-20-42-30)33(39)37(29)24-7-11-26(41-3)12-8-24/h4-13,16-17H,14-15,18-20H2,1-3H3,(H-,34,38)/p+1. The zero-order valence-corrected chi connectivity index (χ0v) is 24.3. The Hall–Kier alpha value is -5.25. The van der Waals surface area contributed by atoms with Gasteiger partial charge in [0.15, 0.2) is 23.8 Å². The molecular formula is C33H33N4O6+. The quantitative estimate of drug-likeness (QED) is 0.273. The highest BCUT2D eigenvalue weighted by molar-refractivity contribution is 6.07. The molecule has 6 rings (SSSR count). The number of rotatable bonds is 10. The highest BCUT2D eigenvalue weighted by atomic mass is 16.7. The third-order valence-electron chi connectivity index (χ3n) is 7.92. The van der Waals surface area contributed by atoms with Gasteiger partial charge in [0.1, 0.15) is 23.7 Å². The average Bonchev–Trinajstić information content (AvgIpc) is 3.71. The zero-order valence-electron chi connectivity index (χ0n) is 24.3. The van der Waals surface area contributed by atoms with Crippen molar-refractivity contribution in [1.82, 2.24) is 9.47 Å². The lowest BCUT2D eigenvalue weighted by Gasteiger charge is -2.12. The molecule has 1 aromatic heterocycles. The minimum Gasteiger partial charge on any atom is -0.497 e. The van der Waals surface area contributed by atoms with Gasteiger partial charge in [0, 0.05) is 12.2 Å². The first-order valence-electron chi connectivity index (χ1n) is 14.0. The number of carbonyl (C=O) groups excluding carboxylic acids is 2. The van der Waals surface area contributed by atoms with Crippen LogP contribution in [-0.4, -0.2) is 59.2 Å². The van der Waals surface area contributed by atoms with Crippen molar-refractivity contribution in [3.05, 3.63) is 101 Å². The number of ether oxygens (including phenoxy) is 4. The first-order chi connectivity index (χ1) is 20.9. The summed E-state index contributed by atoms with van der Waals surface area (Å²) >= 11 is 0. The van der Waals surface area contributed by atoms with Gasteiger partial charge in [0.05, 0.1) is 25.5 Å². The molecule has 4 aromatic rings. The summed E-state index contributed by atoms with van der Waals surface area (Å²) < 4.78 is 25.4. The summed E-state index contributed by atoms with van der Waals surface area (Å²) in [7, 11) is 3.24. The predicted molar refractivity (Wildman–Crippen MR) is 160 cm³/mol. The number of nitrogens with two attached hydrogens (primary N) is 1. The molecule has 0 saturated carbocycles. The van der Waals surface area contributed by atoms with Crippen LogP contribution in [0.25, 0.3) is 0 Å². The fourth-order valence-corrected chi connectivity index (χ4v) is 5.61. The van der Waals surface area contributed by atoms with Crippen LogP contribution in [0.2, 0.25) is 0 Å². The molecule has 43 heavy (non-hydrogen) atoms. The Morgan fingerprint density at radius 3 is 2.23 bits per heavy atom. The van der Waals surface area contributed by atoms with Gasteiger partial charge in [-0.25, -0.2) is 4.90 Å². The first-order valence-corrected chi connectivity index (χ1v) is 14.0. The van der Waals surface area contributed by atoms with Gasteiger partial charge in [0.25, 0.3) is 5.91 Å². The van der Waals surface area contributed by atoms with E-state index >= 15 is 0 Å². The molecular weight excluding hydrogens is 548 g/mol. The first kappa shape index (κ1) is 27.9. The number of methoxy groups -OCH3 is 2. The second-order valence-electron chi connectivity index (χ2n) is 10.4. The van der Waals surface area contributed by atoms with Crippen LogP contribution in [0.4, 0.5) is 10.5 Å². The zero-order chi connectivity index (χ0) is 30.1. The van der Waals surface area contributed by atoms with E-state index in [1.54, 1.807) is 29.8 Å². The van der Waals surface area contributed by atoms with Gasteiger partial charge in [-0.15, -0.1) is 0 Å². The Bertz CT molecular complexity index is 1720. The van der Waals surface area contributed by atoms with Gasteiger partial charge in [-0.05, 0) is 79.1 Å². The Balaban J connectivity index is 1.40.